The van der Waals surface area contributed by atoms with Crippen molar-refractivity contribution in [2.45, 2.75) is 29.4 Å². The lowest BCUT2D eigenvalue weighted by molar-refractivity contribution is 0.102. The number of amides is 1. The van der Waals surface area contributed by atoms with Crippen molar-refractivity contribution in [3.8, 4) is 0 Å². The highest BCUT2D eigenvalue weighted by Crippen LogP contribution is 2.41. The molecule has 1 fully saturated rings. The summed E-state index contributed by atoms with van der Waals surface area (Å²) in [6.07, 6.45) is 2.27. The van der Waals surface area contributed by atoms with Gasteiger partial charge in [0.1, 0.15) is 5.01 Å². The summed E-state index contributed by atoms with van der Waals surface area (Å²) in [7, 11) is 0. The normalized spacial score (nSPS) is 13.5. The zero-order valence-corrected chi connectivity index (χ0v) is 18.6. The molecule has 1 aliphatic rings. The average molecular weight is 469 g/mol. The first-order valence-electron chi connectivity index (χ1n) is 9.76. The first-order valence-corrected chi connectivity index (χ1v) is 11.9. The summed E-state index contributed by atoms with van der Waals surface area (Å²) in [4.78, 5) is 31.2. The number of halogens is 1. The lowest BCUT2D eigenvalue weighted by atomic mass is 10.2. The molecule has 0 spiro atoms. The van der Waals surface area contributed by atoms with Crippen LogP contribution in [0.25, 0.3) is 4.96 Å². The van der Waals surface area contributed by atoms with Crippen LogP contribution in [0.4, 0.5) is 5.69 Å². The van der Waals surface area contributed by atoms with E-state index in [1.807, 2.05) is 24.3 Å². The van der Waals surface area contributed by atoms with Crippen molar-refractivity contribution in [1.29, 1.82) is 0 Å². The molecule has 1 saturated carbocycles. The van der Waals surface area contributed by atoms with E-state index in [2.05, 4.69) is 15.4 Å². The van der Waals surface area contributed by atoms with Gasteiger partial charge in [-0.15, -0.1) is 11.8 Å². The maximum atomic E-state index is 12.6. The smallest absolute Gasteiger partial charge is 0.275 e. The summed E-state index contributed by atoms with van der Waals surface area (Å²) in [6, 6.07) is 16.0. The number of benzene rings is 2. The van der Waals surface area contributed by atoms with Gasteiger partial charge in [-0.25, -0.2) is 4.98 Å². The third-order valence-corrected chi connectivity index (χ3v) is 7.38. The van der Waals surface area contributed by atoms with E-state index in [0.717, 1.165) is 22.7 Å². The van der Waals surface area contributed by atoms with Gasteiger partial charge in [-0.05, 0) is 37.1 Å². The molecule has 6 nitrogen and oxygen atoms in total. The van der Waals surface area contributed by atoms with Gasteiger partial charge < -0.3 is 5.32 Å². The van der Waals surface area contributed by atoms with Gasteiger partial charge in [-0.2, -0.15) is 9.61 Å². The van der Waals surface area contributed by atoms with Gasteiger partial charge in [-0.3, -0.25) is 9.59 Å². The van der Waals surface area contributed by atoms with Crippen LogP contribution in [0.3, 0.4) is 0 Å². The van der Waals surface area contributed by atoms with Crippen LogP contribution in [0, 0.1) is 0 Å². The Morgan fingerprint density at radius 1 is 1.19 bits per heavy atom. The fraction of sp³-hybridized carbons (Fsp3) is 0.182. The Hall–Kier alpha value is -2.68. The van der Waals surface area contributed by atoms with Crippen LogP contribution in [0.15, 0.2) is 64.3 Å². The predicted octanol–water partition coefficient (Wildman–Crippen LogP) is 5.23. The van der Waals surface area contributed by atoms with E-state index in [4.69, 9.17) is 11.6 Å². The Morgan fingerprint density at radius 3 is 2.77 bits per heavy atom. The first kappa shape index (κ1) is 20.2. The summed E-state index contributed by atoms with van der Waals surface area (Å²) in [5.74, 6) is 0.715. The van der Waals surface area contributed by atoms with Gasteiger partial charge in [0.2, 0.25) is 4.96 Å². The third kappa shape index (κ3) is 4.37. The molecule has 0 saturated heterocycles. The Balaban J connectivity index is 1.35. The molecule has 0 aliphatic heterocycles. The second kappa shape index (κ2) is 8.45. The zero-order valence-electron chi connectivity index (χ0n) is 16.2. The highest BCUT2D eigenvalue weighted by Gasteiger charge is 2.28. The lowest BCUT2D eigenvalue weighted by Crippen LogP contribution is -2.15. The lowest BCUT2D eigenvalue weighted by Gasteiger charge is -2.11. The van der Waals surface area contributed by atoms with Crippen molar-refractivity contribution < 1.29 is 4.79 Å². The number of carbonyl (C=O) groups is 1. The minimum absolute atomic E-state index is 0.163. The number of para-hydroxylation sites is 1. The summed E-state index contributed by atoms with van der Waals surface area (Å²) in [5.41, 5.74) is 1.63. The summed E-state index contributed by atoms with van der Waals surface area (Å²) < 4.78 is 1.39. The number of anilines is 1. The van der Waals surface area contributed by atoms with Crippen molar-refractivity contribution >= 4 is 51.3 Å². The van der Waals surface area contributed by atoms with Gasteiger partial charge >= 0.3 is 0 Å². The molecule has 4 aromatic rings. The Labute approximate surface area is 191 Å². The van der Waals surface area contributed by atoms with Crippen molar-refractivity contribution in [2.75, 3.05) is 5.32 Å². The molecular weight excluding hydrogens is 452 g/mol. The van der Waals surface area contributed by atoms with Crippen LogP contribution >= 0.6 is 34.7 Å². The molecule has 156 valence electrons. The van der Waals surface area contributed by atoms with Crippen LogP contribution in [-0.2, 0) is 5.75 Å². The molecule has 9 heteroatoms. The molecule has 0 atom stereocenters. The fourth-order valence-electron chi connectivity index (χ4n) is 3.12. The maximum absolute atomic E-state index is 12.6. The topological polar surface area (TPSA) is 76.4 Å². The minimum Gasteiger partial charge on any atom is -0.321 e. The number of nitrogens with one attached hydrogen (secondary N) is 1. The number of carbonyl (C=O) groups excluding carboxylic acids is 1. The van der Waals surface area contributed by atoms with Crippen LogP contribution in [0.1, 0.15) is 39.8 Å². The standard InChI is InChI=1S/C22H17ClN4O2S2/c23-16-6-2-1-5-15(16)20(29)25-17-7-3-4-8-18(17)30-12-14-11-19(28)27-22(24-14)31-21(26-27)13-9-10-13/h1-8,11,13H,9-10,12H2,(H,25,29). The number of aromatic nitrogens is 3. The Kier molecular flexibility index (Phi) is 5.52. The van der Waals surface area contributed by atoms with E-state index in [1.54, 1.807) is 24.3 Å². The van der Waals surface area contributed by atoms with Crippen LogP contribution in [0.5, 0.6) is 0 Å². The van der Waals surface area contributed by atoms with Gasteiger partial charge in [0, 0.05) is 22.6 Å². The highest BCUT2D eigenvalue weighted by atomic mass is 35.5. The largest absolute Gasteiger partial charge is 0.321 e. The summed E-state index contributed by atoms with van der Waals surface area (Å²) in [5, 5.41) is 8.73. The van der Waals surface area contributed by atoms with Crippen LogP contribution in [0.2, 0.25) is 5.02 Å². The summed E-state index contributed by atoms with van der Waals surface area (Å²) >= 11 is 9.14. The molecule has 1 amide bonds. The molecule has 2 aromatic carbocycles. The van der Waals surface area contributed by atoms with E-state index >= 15 is 0 Å². The first-order chi connectivity index (χ1) is 15.1. The van der Waals surface area contributed by atoms with E-state index in [0.29, 0.717) is 38.6 Å². The van der Waals surface area contributed by atoms with E-state index in [9.17, 15) is 9.59 Å². The number of hydrogen-bond donors (Lipinski definition) is 1. The van der Waals surface area contributed by atoms with E-state index < -0.39 is 0 Å². The molecule has 31 heavy (non-hydrogen) atoms. The number of fused-ring (bicyclic) bond motifs is 1. The Bertz CT molecular complexity index is 1350. The predicted molar refractivity (Wildman–Crippen MR) is 125 cm³/mol. The Morgan fingerprint density at radius 2 is 1.97 bits per heavy atom. The zero-order chi connectivity index (χ0) is 21.4. The van der Waals surface area contributed by atoms with Gasteiger partial charge in [-0.1, -0.05) is 47.2 Å². The molecular formula is C22H17ClN4O2S2. The van der Waals surface area contributed by atoms with Crippen LogP contribution < -0.4 is 10.9 Å². The van der Waals surface area contributed by atoms with Crippen molar-refractivity contribution in [2.24, 2.45) is 0 Å². The van der Waals surface area contributed by atoms with Crippen molar-refractivity contribution in [1.82, 2.24) is 14.6 Å². The molecule has 2 aromatic heterocycles. The SMILES string of the molecule is O=C(Nc1ccccc1SCc1cc(=O)n2nc(C3CC3)sc2n1)c1ccccc1Cl. The molecule has 1 aliphatic carbocycles. The monoisotopic (exact) mass is 468 g/mol. The molecule has 0 unspecified atom stereocenters. The molecule has 5 rings (SSSR count). The molecule has 0 radical (unpaired) electrons. The highest BCUT2D eigenvalue weighted by molar-refractivity contribution is 7.98. The number of nitrogens with zero attached hydrogens (tertiary/aromatic N) is 3. The van der Waals surface area contributed by atoms with Gasteiger partial charge in [0.25, 0.3) is 11.5 Å². The quantitative estimate of drug-likeness (QED) is 0.392. The van der Waals surface area contributed by atoms with E-state index in [-0.39, 0.29) is 11.5 Å². The molecule has 0 bridgehead atoms. The molecule has 1 N–H and O–H groups in total. The van der Waals surface area contributed by atoms with E-state index in [1.165, 1.54) is 33.7 Å². The van der Waals surface area contributed by atoms with Crippen molar-refractivity contribution in [3.63, 3.8) is 0 Å². The maximum Gasteiger partial charge on any atom is 0.275 e. The fourth-order valence-corrected chi connectivity index (χ4v) is 5.34. The van der Waals surface area contributed by atoms with Gasteiger partial charge in [0.15, 0.2) is 0 Å². The third-order valence-electron chi connectivity index (χ3n) is 4.87. The number of hydrogen-bond acceptors (Lipinski definition) is 6. The van der Waals surface area contributed by atoms with Crippen LogP contribution in [-0.4, -0.2) is 20.5 Å². The molecule has 2 heterocycles. The number of rotatable bonds is 6. The second-order valence-electron chi connectivity index (χ2n) is 7.21. The minimum atomic E-state index is -0.270. The number of thioether (sulfide) groups is 1. The van der Waals surface area contributed by atoms with Gasteiger partial charge in [0.05, 0.1) is 22.0 Å². The van der Waals surface area contributed by atoms with Crippen molar-refractivity contribution in [3.05, 3.63) is 86.2 Å². The average Bonchev–Trinajstić information content (AvgIpc) is 3.52. The summed E-state index contributed by atoms with van der Waals surface area (Å²) in [6.45, 7) is 0. The second-order valence-corrected chi connectivity index (χ2v) is 9.63.